The van der Waals surface area contributed by atoms with E-state index in [0.29, 0.717) is 18.7 Å². The van der Waals surface area contributed by atoms with Crippen molar-refractivity contribution in [2.75, 3.05) is 32.7 Å². The molecular weight excluding hydrogens is 238 g/mol. The molecule has 0 saturated heterocycles. The number of pyridine rings is 1. The zero-order chi connectivity index (χ0) is 13.5. The molecule has 7 nitrogen and oxygen atoms in total. The molecule has 0 aromatic carbocycles. The maximum atomic E-state index is 11.0. The third kappa shape index (κ3) is 3.64. The van der Waals surface area contributed by atoms with Gasteiger partial charge in [0, 0.05) is 32.5 Å². The number of nitrogens with zero attached hydrogens (tertiary/aromatic N) is 2. The summed E-state index contributed by atoms with van der Waals surface area (Å²) in [6, 6.07) is 1.60. The van der Waals surface area contributed by atoms with Crippen LogP contribution in [0.15, 0.2) is 12.3 Å². The largest absolute Gasteiger partial charge is 0.382 e. The lowest BCUT2D eigenvalue weighted by molar-refractivity contribution is -0.384. The zero-order valence-corrected chi connectivity index (χ0v) is 10.7. The Morgan fingerprint density at radius 2 is 2.28 bits per heavy atom. The second-order valence-electron chi connectivity index (χ2n) is 3.78. The average molecular weight is 255 g/mol. The molecule has 0 aliphatic heterocycles. The fraction of sp³-hybridized carbons (Fsp3) is 0.545. The molecule has 0 amide bonds. The molecule has 1 aromatic rings. The van der Waals surface area contributed by atoms with Gasteiger partial charge in [-0.15, -0.1) is 0 Å². The summed E-state index contributed by atoms with van der Waals surface area (Å²) in [6.45, 7) is 2.47. The molecule has 1 aromatic heterocycles. The Bertz CT molecular complexity index is 411. The molecule has 0 radical (unpaired) electrons. The normalized spacial score (nSPS) is 12.2. The van der Waals surface area contributed by atoms with Crippen molar-refractivity contribution in [2.24, 2.45) is 0 Å². The third-order valence-electron chi connectivity index (χ3n) is 2.49. The summed E-state index contributed by atoms with van der Waals surface area (Å²) in [5.74, 6) is 0.248. The lowest BCUT2D eigenvalue weighted by Gasteiger charge is -2.15. The number of aromatic nitrogens is 1. The van der Waals surface area contributed by atoms with Crippen LogP contribution in [0.4, 0.5) is 11.5 Å². The van der Waals surface area contributed by atoms with Crippen LogP contribution in [0.25, 0.3) is 0 Å². The summed E-state index contributed by atoms with van der Waals surface area (Å²) < 4.78 is 10.1. The first-order valence-electron chi connectivity index (χ1n) is 5.45. The van der Waals surface area contributed by atoms with Gasteiger partial charge in [-0.1, -0.05) is 0 Å². The molecule has 7 heteroatoms. The summed E-state index contributed by atoms with van der Waals surface area (Å²) in [5.41, 5.74) is 0.558. The molecule has 0 saturated carbocycles. The smallest absolute Gasteiger partial charge is 0.314 e. The van der Waals surface area contributed by atoms with Crippen LogP contribution in [-0.2, 0) is 9.47 Å². The quantitative estimate of drug-likeness (QED) is 0.585. The Morgan fingerprint density at radius 3 is 2.83 bits per heavy atom. The minimum Gasteiger partial charge on any atom is -0.382 e. The van der Waals surface area contributed by atoms with Crippen LogP contribution in [0.2, 0.25) is 0 Å². The van der Waals surface area contributed by atoms with Gasteiger partial charge in [-0.2, -0.15) is 0 Å². The molecule has 1 N–H and O–H groups in total. The van der Waals surface area contributed by atoms with Crippen molar-refractivity contribution in [2.45, 2.75) is 13.0 Å². The van der Waals surface area contributed by atoms with Crippen molar-refractivity contribution in [3.05, 3.63) is 27.9 Å². The highest BCUT2D eigenvalue weighted by atomic mass is 16.6. The fourth-order valence-corrected chi connectivity index (χ4v) is 1.52. The van der Waals surface area contributed by atoms with Gasteiger partial charge in [0.2, 0.25) is 5.82 Å². The number of aryl methyl sites for hydroxylation is 1. The summed E-state index contributed by atoms with van der Waals surface area (Å²) >= 11 is 0. The highest BCUT2D eigenvalue weighted by Crippen LogP contribution is 2.25. The Hall–Kier alpha value is -1.73. The highest BCUT2D eigenvalue weighted by Gasteiger charge is 2.19. The molecule has 0 aliphatic rings. The number of hydrogen-bond acceptors (Lipinski definition) is 6. The molecule has 0 fully saturated rings. The molecule has 0 bridgehead atoms. The Kier molecular flexibility index (Phi) is 5.47. The molecule has 100 valence electrons. The topological polar surface area (TPSA) is 86.5 Å². The number of ether oxygens (including phenoxy) is 2. The first-order chi connectivity index (χ1) is 8.60. The van der Waals surface area contributed by atoms with Gasteiger partial charge < -0.3 is 14.8 Å². The van der Waals surface area contributed by atoms with E-state index in [2.05, 4.69) is 10.3 Å². The Morgan fingerprint density at radius 1 is 1.56 bits per heavy atom. The van der Waals surface area contributed by atoms with Crippen LogP contribution < -0.4 is 5.32 Å². The summed E-state index contributed by atoms with van der Waals surface area (Å²) in [6.07, 6.45) is 1.35. The predicted molar refractivity (Wildman–Crippen MR) is 66.8 cm³/mol. The number of methoxy groups -OCH3 is 2. The van der Waals surface area contributed by atoms with Crippen LogP contribution in [0, 0.1) is 17.0 Å². The summed E-state index contributed by atoms with van der Waals surface area (Å²) in [5, 5.41) is 13.9. The maximum absolute atomic E-state index is 11.0. The molecule has 0 aliphatic carbocycles. The zero-order valence-electron chi connectivity index (χ0n) is 10.7. The van der Waals surface area contributed by atoms with Gasteiger partial charge in [0.25, 0.3) is 0 Å². The predicted octanol–water partition coefficient (Wildman–Crippen LogP) is 1.37. The van der Waals surface area contributed by atoms with Crippen LogP contribution >= 0.6 is 0 Å². The number of nitrogens with one attached hydrogen (secondary N) is 1. The van der Waals surface area contributed by atoms with Crippen molar-refractivity contribution in [1.29, 1.82) is 0 Å². The molecule has 1 atom stereocenters. The first-order valence-corrected chi connectivity index (χ1v) is 5.45. The van der Waals surface area contributed by atoms with Crippen LogP contribution in [0.3, 0.4) is 0 Å². The van der Waals surface area contributed by atoms with E-state index >= 15 is 0 Å². The molecular formula is C11H17N3O4. The van der Waals surface area contributed by atoms with E-state index in [1.165, 1.54) is 6.20 Å². The van der Waals surface area contributed by atoms with Gasteiger partial charge in [-0.25, -0.2) is 4.98 Å². The van der Waals surface area contributed by atoms with Crippen LogP contribution in [0.1, 0.15) is 5.56 Å². The molecule has 1 rings (SSSR count). The Labute approximate surface area is 105 Å². The lowest BCUT2D eigenvalue weighted by atomic mass is 10.2. The van der Waals surface area contributed by atoms with Crippen molar-refractivity contribution < 1.29 is 14.4 Å². The Balaban J connectivity index is 2.78. The van der Waals surface area contributed by atoms with E-state index in [9.17, 15) is 10.1 Å². The summed E-state index contributed by atoms with van der Waals surface area (Å²) in [4.78, 5) is 14.5. The second kappa shape index (κ2) is 6.87. The van der Waals surface area contributed by atoms with Crippen molar-refractivity contribution in [1.82, 2.24) is 4.98 Å². The van der Waals surface area contributed by atoms with Crippen LogP contribution in [-0.4, -0.2) is 43.4 Å². The third-order valence-corrected chi connectivity index (χ3v) is 2.49. The van der Waals surface area contributed by atoms with Gasteiger partial charge >= 0.3 is 5.69 Å². The lowest BCUT2D eigenvalue weighted by Crippen LogP contribution is -2.27. The monoisotopic (exact) mass is 255 g/mol. The number of rotatable bonds is 7. The van der Waals surface area contributed by atoms with Crippen molar-refractivity contribution >= 4 is 11.5 Å². The van der Waals surface area contributed by atoms with Gasteiger partial charge in [0.05, 0.1) is 17.6 Å². The van der Waals surface area contributed by atoms with Gasteiger partial charge in [0.1, 0.15) is 0 Å². The SMILES string of the molecule is COCC(CNc1nccc(C)c1[N+](=O)[O-])OC. The van der Waals surface area contributed by atoms with E-state index < -0.39 is 4.92 Å². The van der Waals surface area contributed by atoms with E-state index in [4.69, 9.17) is 9.47 Å². The van der Waals surface area contributed by atoms with Crippen LogP contribution in [0.5, 0.6) is 0 Å². The summed E-state index contributed by atoms with van der Waals surface area (Å²) in [7, 11) is 3.13. The standard InChI is InChI=1S/C11H17N3O4/c1-8-4-5-12-11(10(8)14(15)16)13-6-9(18-3)7-17-2/h4-5,9H,6-7H2,1-3H3,(H,12,13). The number of anilines is 1. The molecule has 1 unspecified atom stereocenters. The minimum absolute atomic E-state index is 0.00947. The molecule has 18 heavy (non-hydrogen) atoms. The van der Waals surface area contributed by atoms with Gasteiger partial charge in [-0.05, 0) is 13.0 Å². The maximum Gasteiger partial charge on any atom is 0.314 e. The van der Waals surface area contributed by atoms with Gasteiger partial charge in [0.15, 0.2) is 0 Å². The number of hydrogen-bond donors (Lipinski definition) is 1. The van der Waals surface area contributed by atoms with E-state index in [-0.39, 0.29) is 17.6 Å². The first kappa shape index (κ1) is 14.3. The molecule has 0 spiro atoms. The molecule has 1 heterocycles. The fourth-order valence-electron chi connectivity index (χ4n) is 1.52. The minimum atomic E-state index is -0.442. The average Bonchev–Trinajstić information content (AvgIpc) is 2.33. The van der Waals surface area contributed by atoms with E-state index in [1.54, 1.807) is 27.2 Å². The number of nitro groups is 1. The highest BCUT2D eigenvalue weighted by molar-refractivity contribution is 5.59. The van der Waals surface area contributed by atoms with Crippen molar-refractivity contribution in [3.8, 4) is 0 Å². The van der Waals surface area contributed by atoms with E-state index in [0.717, 1.165) is 0 Å². The van der Waals surface area contributed by atoms with Gasteiger partial charge in [-0.3, -0.25) is 10.1 Å². The second-order valence-corrected chi connectivity index (χ2v) is 3.78. The van der Waals surface area contributed by atoms with Crippen molar-refractivity contribution in [3.63, 3.8) is 0 Å². The van der Waals surface area contributed by atoms with E-state index in [1.807, 2.05) is 0 Å².